The fourth-order valence-corrected chi connectivity index (χ4v) is 3.48. The van der Waals surface area contributed by atoms with Gasteiger partial charge in [-0.1, -0.05) is 24.3 Å². The smallest absolute Gasteiger partial charge is 0.315 e. The molecule has 8 nitrogen and oxygen atoms in total. The summed E-state index contributed by atoms with van der Waals surface area (Å²) in [6.07, 6.45) is 1.48. The summed E-state index contributed by atoms with van der Waals surface area (Å²) in [5, 5.41) is 16.4. The summed E-state index contributed by atoms with van der Waals surface area (Å²) < 4.78 is 11.2. The van der Waals surface area contributed by atoms with Crippen LogP contribution in [0.4, 0.5) is 10.8 Å². The number of hydrazone groups is 1. The number of hydrogen-bond acceptors (Lipinski definition) is 8. The standard InChI is InChI=1S/C21H22N4O4S/c1-13-7-5-6-8-17(13)12-29-20-18(25(26)27)9-16(10-19(20)28-4)11-22-24-21-23-14(2)15(3)30-21/h5-11H,12H2,1-4H3,(H,23,24)/b22-11-. The van der Waals surface area contributed by atoms with Crippen LogP contribution in [0.15, 0.2) is 41.5 Å². The first-order valence-electron chi connectivity index (χ1n) is 9.16. The van der Waals surface area contributed by atoms with Crippen LogP contribution in [0.25, 0.3) is 0 Å². The van der Waals surface area contributed by atoms with Crippen LogP contribution in [0.1, 0.15) is 27.3 Å². The van der Waals surface area contributed by atoms with Gasteiger partial charge in [0.25, 0.3) is 0 Å². The van der Waals surface area contributed by atoms with E-state index in [0.29, 0.717) is 10.7 Å². The van der Waals surface area contributed by atoms with E-state index in [2.05, 4.69) is 15.5 Å². The molecule has 9 heteroatoms. The summed E-state index contributed by atoms with van der Waals surface area (Å²) in [6.45, 7) is 6.06. The molecule has 0 aliphatic carbocycles. The Morgan fingerprint density at radius 2 is 2.03 bits per heavy atom. The molecule has 30 heavy (non-hydrogen) atoms. The lowest BCUT2D eigenvalue weighted by Crippen LogP contribution is -2.04. The van der Waals surface area contributed by atoms with Gasteiger partial charge in [0.15, 0.2) is 5.75 Å². The lowest BCUT2D eigenvalue weighted by molar-refractivity contribution is -0.386. The fraction of sp³-hybridized carbons (Fsp3) is 0.238. The van der Waals surface area contributed by atoms with Crippen molar-refractivity contribution in [1.82, 2.24) is 4.98 Å². The number of aryl methyl sites for hydroxylation is 3. The van der Waals surface area contributed by atoms with Gasteiger partial charge in [0.2, 0.25) is 10.9 Å². The van der Waals surface area contributed by atoms with Crippen LogP contribution in [0.5, 0.6) is 11.5 Å². The molecule has 0 amide bonds. The van der Waals surface area contributed by atoms with E-state index in [1.165, 1.54) is 30.7 Å². The molecule has 0 bridgehead atoms. The Hall–Kier alpha value is -3.46. The maximum atomic E-state index is 11.7. The zero-order valence-corrected chi connectivity index (χ0v) is 17.9. The summed E-state index contributed by atoms with van der Waals surface area (Å²) in [7, 11) is 1.44. The third-order valence-corrected chi connectivity index (χ3v) is 5.49. The fourth-order valence-electron chi connectivity index (χ4n) is 2.72. The third-order valence-electron chi connectivity index (χ3n) is 4.51. The van der Waals surface area contributed by atoms with E-state index in [1.807, 2.05) is 45.0 Å². The Morgan fingerprint density at radius 3 is 2.67 bits per heavy atom. The highest BCUT2D eigenvalue weighted by Crippen LogP contribution is 2.38. The number of aromatic nitrogens is 1. The van der Waals surface area contributed by atoms with E-state index in [4.69, 9.17) is 9.47 Å². The molecule has 156 valence electrons. The molecule has 0 aliphatic rings. The van der Waals surface area contributed by atoms with E-state index in [0.717, 1.165) is 21.7 Å². The highest BCUT2D eigenvalue weighted by Gasteiger charge is 2.22. The number of nitro benzene ring substituents is 1. The molecule has 1 aromatic heterocycles. The van der Waals surface area contributed by atoms with Gasteiger partial charge in [0, 0.05) is 16.5 Å². The summed E-state index contributed by atoms with van der Waals surface area (Å²) in [5.74, 6) is 0.349. The van der Waals surface area contributed by atoms with E-state index in [9.17, 15) is 10.1 Å². The van der Waals surface area contributed by atoms with Crippen molar-refractivity contribution in [2.75, 3.05) is 12.5 Å². The van der Waals surface area contributed by atoms with Gasteiger partial charge < -0.3 is 9.47 Å². The summed E-state index contributed by atoms with van der Waals surface area (Å²) >= 11 is 1.48. The highest BCUT2D eigenvalue weighted by molar-refractivity contribution is 7.15. The number of rotatable bonds is 8. The molecule has 1 N–H and O–H groups in total. The van der Waals surface area contributed by atoms with Crippen LogP contribution < -0.4 is 14.9 Å². The Labute approximate surface area is 178 Å². The predicted molar refractivity (Wildman–Crippen MR) is 118 cm³/mol. The molecule has 0 fully saturated rings. The van der Waals surface area contributed by atoms with Crippen molar-refractivity contribution >= 4 is 28.4 Å². The average Bonchev–Trinajstić information content (AvgIpc) is 3.04. The van der Waals surface area contributed by atoms with Crippen molar-refractivity contribution in [2.45, 2.75) is 27.4 Å². The van der Waals surface area contributed by atoms with Gasteiger partial charge in [0.05, 0.1) is 23.9 Å². The van der Waals surface area contributed by atoms with Gasteiger partial charge in [-0.25, -0.2) is 4.98 Å². The Bertz CT molecular complexity index is 1080. The van der Waals surface area contributed by atoms with Crippen molar-refractivity contribution < 1.29 is 14.4 Å². The average molecular weight is 426 g/mol. The number of ether oxygens (including phenoxy) is 2. The molecule has 1 heterocycles. The van der Waals surface area contributed by atoms with Gasteiger partial charge >= 0.3 is 5.69 Å². The maximum absolute atomic E-state index is 11.7. The van der Waals surface area contributed by atoms with Crippen LogP contribution in [-0.2, 0) is 6.61 Å². The van der Waals surface area contributed by atoms with Crippen molar-refractivity contribution in [3.63, 3.8) is 0 Å². The van der Waals surface area contributed by atoms with Crippen LogP contribution in [-0.4, -0.2) is 23.2 Å². The number of methoxy groups -OCH3 is 1. The molecular formula is C21H22N4O4S. The number of nitro groups is 1. The molecule has 0 aliphatic heterocycles. The minimum atomic E-state index is -0.492. The van der Waals surface area contributed by atoms with Crippen LogP contribution in [0.3, 0.4) is 0 Å². The number of benzene rings is 2. The minimum Gasteiger partial charge on any atom is -0.493 e. The lowest BCUT2D eigenvalue weighted by atomic mass is 10.1. The van der Waals surface area contributed by atoms with Gasteiger partial charge in [0.1, 0.15) is 6.61 Å². The molecule has 3 rings (SSSR count). The summed E-state index contributed by atoms with van der Waals surface area (Å²) in [4.78, 5) is 16.6. The SMILES string of the molecule is COc1cc(/C=N\Nc2nc(C)c(C)s2)cc([N+](=O)[O-])c1OCc1ccccc1C. The molecule has 0 spiro atoms. The zero-order chi connectivity index (χ0) is 21.7. The zero-order valence-electron chi connectivity index (χ0n) is 17.1. The molecule has 0 radical (unpaired) electrons. The van der Waals surface area contributed by atoms with Gasteiger partial charge in [-0.2, -0.15) is 5.10 Å². The van der Waals surface area contributed by atoms with Gasteiger partial charge in [-0.05, 0) is 38.0 Å². The number of hydrogen-bond donors (Lipinski definition) is 1. The van der Waals surface area contributed by atoms with E-state index in [-0.39, 0.29) is 23.8 Å². The number of nitrogens with one attached hydrogen (secondary N) is 1. The molecule has 0 unspecified atom stereocenters. The molecule has 0 atom stereocenters. The monoisotopic (exact) mass is 426 g/mol. The summed E-state index contributed by atoms with van der Waals surface area (Å²) in [5.41, 5.74) is 6.07. The number of nitrogens with zero attached hydrogens (tertiary/aromatic N) is 3. The van der Waals surface area contributed by atoms with E-state index < -0.39 is 4.92 Å². The molecule has 0 saturated heterocycles. The normalized spacial score (nSPS) is 10.9. The number of anilines is 1. The second kappa shape index (κ2) is 9.36. The molecule has 2 aromatic carbocycles. The van der Waals surface area contributed by atoms with Crippen molar-refractivity contribution in [1.29, 1.82) is 0 Å². The second-order valence-corrected chi connectivity index (χ2v) is 7.78. The molecular weight excluding hydrogens is 404 g/mol. The summed E-state index contributed by atoms with van der Waals surface area (Å²) in [6, 6.07) is 10.8. The lowest BCUT2D eigenvalue weighted by Gasteiger charge is -2.13. The first-order chi connectivity index (χ1) is 14.4. The van der Waals surface area contributed by atoms with Gasteiger partial charge in [-0.15, -0.1) is 11.3 Å². The van der Waals surface area contributed by atoms with E-state index >= 15 is 0 Å². The minimum absolute atomic E-state index is 0.0852. The maximum Gasteiger partial charge on any atom is 0.315 e. The Balaban J connectivity index is 1.84. The van der Waals surface area contributed by atoms with Crippen LogP contribution in [0, 0.1) is 30.9 Å². The molecule has 3 aromatic rings. The first kappa shape index (κ1) is 21.3. The third kappa shape index (κ3) is 4.93. The van der Waals surface area contributed by atoms with Gasteiger partial charge in [-0.3, -0.25) is 15.5 Å². The number of thiazole rings is 1. The predicted octanol–water partition coefficient (Wildman–Crippen LogP) is 5.01. The largest absolute Gasteiger partial charge is 0.493 e. The second-order valence-electron chi connectivity index (χ2n) is 6.57. The van der Waals surface area contributed by atoms with E-state index in [1.54, 1.807) is 6.07 Å². The topological polar surface area (TPSA) is 98.9 Å². The molecule has 0 saturated carbocycles. The quantitative estimate of drug-likeness (QED) is 0.309. The highest BCUT2D eigenvalue weighted by atomic mass is 32.1. The van der Waals surface area contributed by atoms with Crippen molar-refractivity contribution in [3.05, 3.63) is 73.8 Å². The first-order valence-corrected chi connectivity index (χ1v) is 9.97. The Morgan fingerprint density at radius 1 is 1.27 bits per heavy atom. The van der Waals surface area contributed by atoms with Crippen molar-refractivity contribution in [3.8, 4) is 11.5 Å². The van der Waals surface area contributed by atoms with Crippen LogP contribution >= 0.6 is 11.3 Å². The Kier molecular flexibility index (Phi) is 6.63. The van der Waals surface area contributed by atoms with Crippen molar-refractivity contribution in [2.24, 2.45) is 5.10 Å². The van der Waals surface area contributed by atoms with Crippen LogP contribution in [0.2, 0.25) is 0 Å².